The normalized spacial score (nSPS) is 12.5. The maximum Gasteiger partial charge on any atom is 0.0702 e. The number of nitrogens with one attached hydrogen (secondary N) is 1. The van der Waals surface area contributed by atoms with Crippen molar-refractivity contribution in [1.82, 2.24) is 0 Å². The number of rotatable bonds is 3. The van der Waals surface area contributed by atoms with Gasteiger partial charge in [0.2, 0.25) is 0 Å². The molecule has 4 heteroatoms. The van der Waals surface area contributed by atoms with E-state index in [9.17, 15) is 0 Å². The van der Waals surface area contributed by atoms with Gasteiger partial charge in [-0.25, -0.2) is 0 Å². The minimum absolute atomic E-state index is 0.255. The summed E-state index contributed by atoms with van der Waals surface area (Å²) < 4.78 is 1.15. The van der Waals surface area contributed by atoms with E-state index in [1.54, 1.807) is 11.3 Å². The van der Waals surface area contributed by atoms with Crippen molar-refractivity contribution in [3.8, 4) is 0 Å². The lowest BCUT2D eigenvalue weighted by Crippen LogP contribution is -2.05. The molecule has 17 heavy (non-hydrogen) atoms. The van der Waals surface area contributed by atoms with Crippen molar-refractivity contribution in [2.75, 3.05) is 5.32 Å². The van der Waals surface area contributed by atoms with Gasteiger partial charge < -0.3 is 5.32 Å². The Labute approximate surface area is 119 Å². The Balaban J connectivity index is 2.18. The predicted molar refractivity (Wildman–Crippen MR) is 80.2 cm³/mol. The second kappa shape index (κ2) is 5.42. The molecule has 0 bridgehead atoms. The Morgan fingerprint density at radius 2 is 2.06 bits per heavy atom. The first-order valence-electron chi connectivity index (χ1n) is 5.34. The van der Waals surface area contributed by atoms with Crippen LogP contribution in [-0.4, -0.2) is 0 Å². The maximum atomic E-state index is 6.16. The van der Waals surface area contributed by atoms with E-state index in [0.717, 1.165) is 14.5 Å². The van der Waals surface area contributed by atoms with Gasteiger partial charge in [-0.15, -0.1) is 11.3 Å². The summed E-state index contributed by atoms with van der Waals surface area (Å²) >= 11 is 11.4. The van der Waals surface area contributed by atoms with Gasteiger partial charge in [0.15, 0.2) is 0 Å². The van der Waals surface area contributed by atoms with Crippen LogP contribution in [0.5, 0.6) is 0 Å². The van der Waals surface area contributed by atoms with Crippen molar-refractivity contribution in [3.63, 3.8) is 0 Å². The first kappa shape index (κ1) is 12.9. The summed E-state index contributed by atoms with van der Waals surface area (Å²) in [6.45, 7) is 4.20. The molecule has 1 atom stereocenters. The molecule has 0 aliphatic carbocycles. The van der Waals surface area contributed by atoms with Crippen LogP contribution >= 0.6 is 38.9 Å². The first-order chi connectivity index (χ1) is 8.06. The van der Waals surface area contributed by atoms with Gasteiger partial charge in [0.05, 0.1) is 20.5 Å². The lowest BCUT2D eigenvalue weighted by Gasteiger charge is -2.15. The molecule has 1 aromatic carbocycles. The van der Waals surface area contributed by atoms with Gasteiger partial charge in [0, 0.05) is 4.88 Å². The molecule has 0 saturated carbocycles. The van der Waals surface area contributed by atoms with Crippen LogP contribution in [0.15, 0.2) is 34.1 Å². The van der Waals surface area contributed by atoms with Crippen LogP contribution in [0.2, 0.25) is 5.02 Å². The molecule has 0 amide bonds. The number of benzene rings is 1. The topological polar surface area (TPSA) is 12.0 Å². The Bertz CT molecular complexity index is 524. The lowest BCUT2D eigenvalue weighted by atomic mass is 10.2. The number of hydrogen-bond acceptors (Lipinski definition) is 2. The molecule has 0 spiro atoms. The number of thiophene rings is 1. The monoisotopic (exact) mass is 329 g/mol. The van der Waals surface area contributed by atoms with Crippen LogP contribution in [-0.2, 0) is 0 Å². The van der Waals surface area contributed by atoms with Gasteiger partial charge in [-0.2, -0.15) is 0 Å². The fraction of sp³-hybridized carbons (Fsp3) is 0.231. The number of anilines is 1. The molecule has 1 N–H and O–H groups in total. The minimum Gasteiger partial charge on any atom is -0.376 e. The Morgan fingerprint density at radius 1 is 1.29 bits per heavy atom. The van der Waals surface area contributed by atoms with Crippen LogP contribution < -0.4 is 5.32 Å². The first-order valence-corrected chi connectivity index (χ1v) is 7.33. The molecule has 1 unspecified atom stereocenters. The zero-order valence-electron chi connectivity index (χ0n) is 9.63. The lowest BCUT2D eigenvalue weighted by molar-refractivity contribution is 0.908. The van der Waals surface area contributed by atoms with E-state index in [4.69, 9.17) is 11.6 Å². The third kappa shape index (κ3) is 3.24. The quantitative estimate of drug-likeness (QED) is 0.767. The summed E-state index contributed by atoms with van der Waals surface area (Å²) in [6.07, 6.45) is 0. The molecule has 90 valence electrons. The highest BCUT2D eigenvalue weighted by atomic mass is 79.9. The summed E-state index contributed by atoms with van der Waals surface area (Å²) in [7, 11) is 0. The van der Waals surface area contributed by atoms with E-state index in [1.807, 2.05) is 12.1 Å². The summed E-state index contributed by atoms with van der Waals surface area (Å²) in [5.41, 5.74) is 2.19. The third-order valence-corrected chi connectivity index (χ3v) is 4.65. The molecule has 2 aromatic rings. The number of hydrogen-bond donors (Lipinski definition) is 1. The average Bonchev–Trinajstić information content (AvgIpc) is 2.70. The zero-order chi connectivity index (χ0) is 12.4. The SMILES string of the molecule is Cc1ccc(Cl)c(NC(C)c2ccc(Br)s2)c1. The van der Waals surface area contributed by atoms with E-state index in [-0.39, 0.29) is 6.04 Å². The largest absolute Gasteiger partial charge is 0.376 e. The molecule has 2 rings (SSSR count). The molecule has 1 aromatic heterocycles. The molecule has 0 aliphatic rings. The van der Waals surface area contributed by atoms with Crippen molar-refractivity contribution < 1.29 is 0 Å². The molecule has 0 fully saturated rings. The van der Waals surface area contributed by atoms with Crippen LogP contribution in [0.25, 0.3) is 0 Å². The smallest absolute Gasteiger partial charge is 0.0702 e. The summed E-state index contributed by atoms with van der Waals surface area (Å²) in [5.74, 6) is 0. The second-order valence-electron chi connectivity index (χ2n) is 3.99. The van der Waals surface area contributed by atoms with Crippen LogP contribution in [0.4, 0.5) is 5.69 Å². The fourth-order valence-corrected chi connectivity index (χ4v) is 3.21. The van der Waals surface area contributed by atoms with Gasteiger partial charge in [-0.3, -0.25) is 0 Å². The maximum absolute atomic E-state index is 6.16. The standard InChI is InChI=1S/C13H13BrClNS/c1-8-3-4-10(15)11(7-8)16-9(2)12-5-6-13(14)17-12/h3-7,9,16H,1-2H3. The van der Waals surface area contributed by atoms with Crippen molar-refractivity contribution in [1.29, 1.82) is 0 Å². The van der Waals surface area contributed by atoms with E-state index in [0.29, 0.717) is 0 Å². The Morgan fingerprint density at radius 3 is 2.71 bits per heavy atom. The van der Waals surface area contributed by atoms with Crippen molar-refractivity contribution in [3.05, 3.63) is 49.6 Å². The van der Waals surface area contributed by atoms with Gasteiger partial charge >= 0.3 is 0 Å². The van der Waals surface area contributed by atoms with Crippen LogP contribution in [0.3, 0.4) is 0 Å². The van der Waals surface area contributed by atoms with E-state index >= 15 is 0 Å². The van der Waals surface area contributed by atoms with Crippen molar-refractivity contribution >= 4 is 44.6 Å². The molecule has 1 heterocycles. The van der Waals surface area contributed by atoms with Gasteiger partial charge in [0.1, 0.15) is 0 Å². The molecule has 0 aliphatic heterocycles. The van der Waals surface area contributed by atoms with Crippen LogP contribution in [0, 0.1) is 6.92 Å². The Hall–Kier alpha value is -0.510. The molecule has 0 saturated heterocycles. The van der Waals surface area contributed by atoms with E-state index < -0.39 is 0 Å². The molecule has 1 nitrogen and oxygen atoms in total. The van der Waals surface area contributed by atoms with Crippen LogP contribution in [0.1, 0.15) is 23.4 Å². The average molecular weight is 331 g/mol. The highest BCUT2D eigenvalue weighted by Crippen LogP contribution is 2.31. The summed E-state index contributed by atoms with van der Waals surface area (Å²) in [6, 6.07) is 10.5. The third-order valence-electron chi connectivity index (χ3n) is 2.51. The van der Waals surface area contributed by atoms with Gasteiger partial charge in [-0.05, 0) is 59.6 Å². The number of aryl methyl sites for hydroxylation is 1. The second-order valence-corrected chi connectivity index (χ2v) is 6.89. The molecule has 0 radical (unpaired) electrons. The predicted octanol–water partition coefficient (Wildman–Crippen LogP) is 5.65. The van der Waals surface area contributed by atoms with Gasteiger partial charge in [-0.1, -0.05) is 17.7 Å². The zero-order valence-corrected chi connectivity index (χ0v) is 12.8. The minimum atomic E-state index is 0.255. The van der Waals surface area contributed by atoms with Crippen molar-refractivity contribution in [2.24, 2.45) is 0 Å². The van der Waals surface area contributed by atoms with E-state index in [1.165, 1.54) is 10.4 Å². The van der Waals surface area contributed by atoms with Gasteiger partial charge in [0.25, 0.3) is 0 Å². The summed E-state index contributed by atoms with van der Waals surface area (Å²) in [4.78, 5) is 1.29. The van der Waals surface area contributed by atoms with E-state index in [2.05, 4.69) is 53.3 Å². The van der Waals surface area contributed by atoms with Crippen molar-refractivity contribution in [2.45, 2.75) is 19.9 Å². The summed E-state index contributed by atoms with van der Waals surface area (Å²) in [5, 5.41) is 4.20. The molecular formula is C13H13BrClNS. The highest BCUT2D eigenvalue weighted by molar-refractivity contribution is 9.11. The Kier molecular flexibility index (Phi) is 4.13. The fourth-order valence-electron chi connectivity index (χ4n) is 1.62. The molecular weight excluding hydrogens is 318 g/mol. The highest BCUT2D eigenvalue weighted by Gasteiger charge is 2.09. The number of halogens is 2.